The first-order chi connectivity index (χ1) is 8.49. The minimum atomic E-state index is -2.82. The van der Waals surface area contributed by atoms with Gasteiger partial charge in [0, 0.05) is 18.2 Å². The van der Waals surface area contributed by atoms with Crippen LogP contribution in [0.25, 0.3) is 11.3 Å². The molecule has 4 nitrogen and oxygen atoms in total. The third-order valence-corrected chi connectivity index (χ3v) is 2.69. The summed E-state index contributed by atoms with van der Waals surface area (Å²) in [6, 6.07) is 6.30. The molecule has 18 heavy (non-hydrogen) atoms. The summed E-state index contributed by atoms with van der Waals surface area (Å²) in [4.78, 5) is 0. The van der Waals surface area contributed by atoms with Crippen molar-refractivity contribution in [3.05, 3.63) is 29.8 Å². The number of nitrogen functional groups attached to an aromatic ring is 1. The molecular weight excluding hydrogens is 240 g/mol. The van der Waals surface area contributed by atoms with Crippen molar-refractivity contribution in [2.75, 3.05) is 5.73 Å². The molecular formula is C12H13F2N3O. The maximum absolute atomic E-state index is 12.0. The number of benzene rings is 1. The van der Waals surface area contributed by atoms with Gasteiger partial charge in [0.25, 0.3) is 0 Å². The zero-order valence-electron chi connectivity index (χ0n) is 10.0. The number of anilines is 1. The predicted molar refractivity (Wildman–Crippen MR) is 64.4 cm³/mol. The molecule has 0 atom stereocenters. The highest BCUT2D eigenvalue weighted by Crippen LogP contribution is 2.27. The molecule has 1 aromatic carbocycles. The third kappa shape index (κ3) is 2.27. The largest absolute Gasteiger partial charge is 0.435 e. The van der Waals surface area contributed by atoms with E-state index in [1.165, 1.54) is 12.1 Å². The molecule has 0 fully saturated rings. The van der Waals surface area contributed by atoms with Crippen molar-refractivity contribution in [1.29, 1.82) is 0 Å². The fraction of sp³-hybridized carbons (Fsp3) is 0.250. The lowest BCUT2D eigenvalue weighted by molar-refractivity contribution is -0.0498. The van der Waals surface area contributed by atoms with E-state index in [0.29, 0.717) is 5.82 Å². The number of halogens is 2. The monoisotopic (exact) mass is 253 g/mol. The molecule has 1 aromatic heterocycles. The van der Waals surface area contributed by atoms with Crippen LogP contribution in [0.2, 0.25) is 0 Å². The van der Waals surface area contributed by atoms with E-state index in [2.05, 4.69) is 9.84 Å². The first-order valence-electron chi connectivity index (χ1n) is 5.33. The second-order valence-corrected chi connectivity index (χ2v) is 3.89. The third-order valence-electron chi connectivity index (χ3n) is 2.69. The van der Waals surface area contributed by atoms with Crippen molar-refractivity contribution in [2.45, 2.75) is 13.5 Å². The number of alkyl halides is 2. The van der Waals surface area contributed by atoms with Crippen molar-refractivity contribution in [3.63, 3.8) is 0 Å². The van der Waals surface area contributed by atoms with Gasteiger partial charge in [0.05, 0.1) is 5.69 Å². The Labute approximate surface area is 103 Å². The summed E-state index contributed by atoms with van der Waals surface area (Å²) in [5.41, 5.74) is 8.22. The van der Waals surface area contributed by atoms with Gasteiger partial charge in [-0.2, -0.15) is 13.9 Å². The quantitative estimate of drug-likeness (QED) is 0.914. The molecule has 0 unspecified atom stereocenters. The number of nitrogens with two attached hydrogens (primary N) is 1. The summed E-state index contributed by atoms with van der Waals surface area (Å²) in [6.45, 7) is -0.954. The van der Waals surface area contributed by atoms with Gasteiger partial charge in [-0.15, -0.1) is 0 Å². The van der Waals surface area contributed by atoms with Crippen LogP contribution in [0.1, 0.15) is 5.56 Å². The molecule has 0 spiro atoms. The first kappa shape index (κ1) is 12.3. The van der Waals surface area contributed by atoms with Crippen LogP contribution >= 0.6 is 0 Å². The van der Waals surface area contributed by atoms with Crippen LogP contribution in [-0.2, 0) is 7.05 Å². The molecule has 0 saturated carbocycles. The molecule has 0 bridgehead atoms. The van der Waals surface area contributed by atoms with Crippen LogP contribution in [0, 0.1) is 6.92 Å². The lowest BCUT2D eigenvalue weighted by Crippen LogP contribution is -2.01. The molecule has 0 radical (unpaired) electrons. The second kappa shape index (κ2) is 4.64. The highest BCUT2D eigenvalue weighted by atomic mass is 19.3. The Kier molecular flexibility index (Phi) is 3.18. The average molecular weight is 253 g/mol. The standard InChI is InChI=1S/C12H13F2N3O/c1-7-10(16-17(2)11(7)15)8-3-5-9(6-4-8)18-12(13)14/h3-6,12H,15H2,1-2H3. The van der Waals surface area contributed by atoms with Crippen molar-refractivity contribution < 1.29 is 13.5 Å². The van der Waals surface area contributed by atoms with Crippen molar-refractivity contribution in [1.82, 2.24) is 9.78 Å². The molecule has 1 heterocycles. The Morgan fingerprint density at radius 2 is 1.89 bits per heavy atom. The van der Waals surface area contributed by atoms with Gasteiger partial charge in [-0.3, -0.25) is 4.68 Å². The van der Waals surface area contributed by atoms with Crippen molar-refractivity contribution in [2.24, 2.45) is 7.05 Å². The number of aromatic nitrogens is 2. The SMILES string of the molecule is Cc1c(-c2ccc(OC(F)F)cc2)nn(C)c1N. The van der Waals surface area contributed by atoms with Gasteiger partial charge in [-0.25, -0.2) is 0 Å². The van der Waals surface area contributed by atoms with Gasteiger partial charge in [0.2, 0.25) is 0 Å². The second-order valence-electron chi connectivity index (χ2n) is 3.89. The molecule has 6 heteroatoms. The van der Waals surface area contributed by atoms with Crippen LogP contribution in [0.3, 0.4) is 0 Å². The lowest BCUT2D eigenvalue weighted by atomic mass is 10.1. The Hall–Kier alpha value is -2.11. The fourth-order valence-electron chi connectivity index (χ4n) is 1.71. The number of rotatable bonds is 3. The van der Waals surface area contributed by atoms with Gasteiger partial charge in [0.15, 0.2) is 0 Å². The van der Waals surface area contributed by atoms with Crippen LogP contribution in [-0.4, -0.2) is 16.4 Å². The topological polar surface area (TPSA) is 53.1 Å². The summed E-state index contributed by atoms with van der Waals surface area (Å²) in [5, 5.41) is 4.27. The molecule has 2 N–H and O–H groups in total. The molecule has 0 amide bonds. The average Bonchev–Trinajstić information content (AvgIpc) is 2.57. The summed E-state index contributed by atoms with van der Waals surface area (Å²) in [5.74, 6) is 0.702. The Balaban J connectivity index is 2.31. The first-order valence-corrected chi connectivity index (χ1v) is 5.33. The van der Waals surface area contributed by atoms with Crippen LogP contribution < -0.4 is 10.5 Å². The number of nitrogens with zero attached hydrogens (tertiary/aromatic N) is 2. The van der Waals surface area contributed by atoms with Gasteiger partial charge in [-0.05, 0) is 31.2 Å². The Morgan fingerprint density at radius 3 is 2.33 bits per heavy atom. The van der Waals surface area contributed by atoms with Gasteiger partial charge >= 0.3 is 6.61 Å². The van der Waals surface area contributed by atoms with Gasteiger partial charge < -0.3 is 10.5 Å². The lowest BCUT2D eigenvalue weighted by Gasteiger charge is -2.04. The molecule has 2 aromatic rings. The number of hydrogen-bond donors (Lipinski definition) is 1. The van der Waals surface area contributed by atoms with Crippen molar-refractivity contribution >= 4 is 5.82 Å². The molecule has 0 saturated heterocycles. The van der Waals surface area contributed by atoms with Crippen LogP contribution in [0.4, 0.5) is 14.6 Å². The van der Waals surface area contributed by atoms with E-state index in [9.17, 15) is 8.78 Å². The molecule has 0 aliphatic heterocycles. The normalized spacial score (nSPS) is 10.9. The molecule has 96 valence electrons. The minimum Gasteiger partial charge on any atom is -0.435 e. The van der Waals surface area contributed by atoms with E-state index in [1.54, 1.807) is 23.9 Å². The maximum atomic E-state index is 12.0. The minimum absolute atomic E-state index is 0.121. The zero-order chi connectivity index (χ0) is 13.3. The number of aryl methyl sites for hydroxylation is 1. The van der Waals surface area contributed by atoms with E-state index in [4.69, 9.17) is 5.73 Å². The van der Waals surface area contributed by atoms with Gasteiger partial charge in [-0.1, -0.05) is 0 Å². The maximum Gasteiger partial charge on any atom is 0.387 e. The Bertz CT molecular complexity index is 549. The highest BCUT2D eigenvalue weighted by Gasteiger charge is 2.12. The summed E-state index contributed by atoms with van der Waals surface area (Å²) in [6.07, 6.45) is 0. The number of hydrogen-bond acceptors (Lipinski definition) is 3. The van der Waals surface area contributed by atoms with E-state index >= 15 is 0 Å². The number of ether oxygens (including phenoxy) is 1. The van der Waals surface area contributed by atoms with E-state index < -0.39 is 6.61 Å². The molecule has 2 rings (SSSR count). The highest BCUT2D eigenvalue weighted by molar-refractivity contribution is 5.68. The van der Waals surface area contributed by atoms with Crippen LogP contribution in [0.5, 0.6) is 5.75 Å². The van der Waals surface area contributed by atoms with Crippen LogP contribution in [0.15, 0.2) is 24.3 Å². The molecule has 0 aliphatic rings. The molecule has 0 aliphatic carbocycles. The fourth-order valence-corrected chi connectivity index (χ4v) is 1.71. The van der Waals surface area contributed by atoms with Gasteiger partial charge in [0.1, 0.15) is 11.6 Å². The Morgan fingerprint density at radius 1 is 1.28 bits per heavy atom. The summed E-state index contributed by atoms with van der Waals surface area (Å²) < 4.78 is 29.9. The van der Waals surface area contributed by atoms with Crippen molar-refractivity contribution in [3.8, 4) is 17.0 Å². The van der Waals surface area contributed by atoms with E-state index in [0.717, 1.165) is 16.8 Å². The summed E-state index contributed by atoms with van der Waals surface area (Å²) >= 11 is 0. The zero-order valence-corrected chi connectivity index (χ0v) is 10.0. The smallest absolute Gasteiger partial charge is 0.387 e. The summed E-state index contributed by atoms with van der Waals surface area (Å²) in [7, 11) is 1.75. The van der Waals surface area contributed by atoms with E-state index in [1.807, 2.05) is 6.92 Å². The predicted octanol–water partition coefficient (Wildman–Crippen LogP) is 2.58. The van der Waals surface area contributed by atoms with E-state index in [-0.39, 0.29) is 5.75 Å².